The number of nitrogens with two attached hydrogens (primary N) is 1. The molecule has 0 aliphatic carbocycles. The van der Waals surface area contributed by atoms with Crippen molar-refractivity contribution in [1.82, 2.24) is 35.9 Å². The number of anilines is 2. The summed E-state index contributed by atoms with van der Waals surface area (Å²) in [4.78, 5) is 86.9. The summed E-state index contributed by atoms with van der Waals surface area (Å²) < 4.78 is 51.5. The van der Waals surface area contributed by atoms with E-state index in [1.807, 2.05) is 0 Å². The van der Waals surface area contributed by atoms with Gasteiger partial charge in [-0.1, -0.05) is 0 Å². The van der Waals surface area contributed by atoms with Crippen molar-refractivity contribution in [2.75, 3.05) is 50.2 Å². The molecule has 0 bridgehead atoms. The molecule has 4 rings (SSSR count). The summed E-state index contributed by atoms with van der Waals surface area (Å²) >= 11 is 0. The summed E-state index contributed by atoms with van der Waals surface area (Å²) in [7, 11) is 0. The largest absolute Gasteiger partial charge is 0.471 e. The van der Waals surface area contributed by atoms with Gasteiger partial charge in [-0.3, -0.25) is 33.9 Å². The summed E-state index contributed by atoms with van der Waals surface area (Å²) in [5, 5.41) is 19.8. The van der Waals surface area contributed by atoms with Crippen LogP contribution in [0.25, 0.3) is 11.2 Å². The second-order valence-corrected chi connectivity index (χ2v) is 12.1. The lowest BCUT2D eigenvalue weighted by molar-refractivity contribution is -0.170. The van der Waals surface area contributed by atoms with Crippen molar-refractivity contribution < 1.29 is 41.8 Å². The molecule has 4 amide bonds. The fourth-order valence-electron chi connectivity index (χ4n) is 5.02. The van der Waals surface area contributed by atoms with Crippen LogP contribution in [0.5, 0.6) is 0 Å². The summed E-state index contributed by atoms with van der Waals surface area (Å²) in [6.45, 7) is 2.21. The van der Waals surface area contributed by atoms with Gasteiger partial charge in [-0.15, -0.1) is 4.91 Å². The predicted octanol–water partition coefficient (Wildman–Crippen LogP) is 2.14. The molecule has 0 radical (unpaired) electrons. The lowest BCUT2D eigenvalue weighted by Gasteiger charge is -2.24. The van der Waals surface area contributed by atoms with Crippen LogP contribution in [-0.2, 0) is 25.6 Å². The van der Waals surface area contributed by atoms with Crippen LogP contribution in [-0.4, -0.2) is 95.3 Å². The van der Waals surface area contributed by atoms with Crippen LogP contribution in [0.1, 0.15) is 51.7 Å². The number of carbonyl (C=O) groups is 4. The Labute approximate surface area is 321 Å². The van der Waals surface area contributed by atoms with E-state index >= 15 is 0 Å². The molecule has 2 heterocycles. The third-order valence-corrected chi connectivity index (χ3v) is 7.87. The van der Waals surface area contributed by atoms with E-state index in [-0.39, 0.29) is 109 Å². The van der Waals surface area contributed by atoms with Crippen LogP contribution in [0, 0.1) is 16.2 Å². The molecule has 0 fully saturated rings. The van der Waals surface area contributed by atoms with Gasteiger partial charge in [0.2, 0.25) is 11.9 Å². The van der Waals surface area contributed by atoms with Crippen LogP contribution < -0.4 is 32.1 Å². The molecule has 1 atom stereocenters. The van der Waals surface area contributed by atoms with E-state index in [1.54, 1.807) is 13.0 Å². The topological polar surface area (TPSA) is 277 Å². The minimum Gasteiger partial charge on any atom is -0.377 e. The summed E-state index contributed by atoms with van der Waals surface area (Å²) in [6.07, 6.45) is -3.86. The Balaban J connectivity index is 1.13. The Morgan fingerprint density at radius 1 is 0.982 bits per heavy atom. The number of benzene rings is 2. The third kappa shape index (κ3) is 12.6. The molecule has 0 unspecified atom stereocenters. The number of ether oxygens (including phenoxy) is 2. The van der Waals surface area contributed by atoms with Crippen LogP contribution in [0.2, 0.25) is 0 Å². The average molecular weight is 796 g/mol. The monoisotopic (exact) mass is 795 g/mol. The number of fused-ring (bicyclic) bond motifs is 1. The maximum atomic E-state index is 13.6. The Morgan fingerprint density at radius 2 is 1.65 bits per heavy atom. The van der Waals surface area contributed by atoms with E-state index in [0.717, 1.165) is 18.3 Å². The van der Waals surface area contributed by atoms with Crippen molar-refractivity contribution in [1.29, 1.82) is 5.26 Å². The van der Waals surface area contributed by atoms with Crippen LogP contribution >= 0.6 is 0 Å². The van der Waals surface area contributed by atoms with E-state index in [4.69, 9.17) is 20.5 Å². The summed E-state index contributed by atoms with van der Waals surface area (Å²) in [5.41, 5.74) is 4.14. The molecular weight excluding hydrogens is 759 g/mol. The molecule has 6 N–H and O–H groups in total. The molecule has 4 aromatic rings. The van der Waals surface area contributed by atoms with Gasteiger partial charge in [0.25, 0.3) is 17.4 Å². The van der Waals surface area contributed by atoms with Crippen LogP contribution in [0.4, 0.5) is 30.5 Å². The second-order valence-electron chi connectivity index (χ2n) is 12.1. The van der Waals surface area contributed by atoms with Gasteiger partial charge in [-0.05, 0) is 61.0 Å². The maximum Gasteiger partial charge on any atom is 0.471 e. The number of carbonyl (C=O) groups excluding carboxylic acids is 4. The van der Waals surface area contributed by atoms with Crippen LogP contribution in [0.15, 0.2) is 58.6 Å². The lowest BCUT2D eigenvalue weighted by Crippen LogP contribution is -2.41. The van der Waals surface area contributed by atoms with Crippen LogP contribution in [0.3, 0.4) is 0 Å². The van der Waals surface area contributed by atoms with Crippen molar-refractivity contribution >= 4 is 52.1 Å². The van der Waals surface area contributed by atoms with E-state index in [1.165, 1.54) is 30.3 Å². The number of nitroso groups, excluding NO2 is 1. The standard InChI is InChI=1S/C35H36F3N11O8/c1-20(2-9-27(50)41-10-12-56-14-15-57-13-11-42-30(51)22-5-8-26(48-55)23(16-22)17-39)44-31(52)21-3-6-25(7-4-21)49(33(54)35(36,37)38)19-24-18-43-29-28(45-24)32(53)47-34(40)46-29/h3-8,16,18,20H,2,9-15,19H2,1H3,(H,41,50)(H,42,51)(H,44,52)(H3,40,43,46,47,53)/t20-/m1/s1. The zero-order valence-electron chi connectivity index (χ0n) is 30.2. The van der Waals surface area contributed by atoms with Gasteiger partial charge in [-0.2, -0.15) is 23.4 Å². The molecule has 0 aliphatic rings. The first kappa shape index (κ1) is 42.9. The highest BCUT2D eigenvalue weighted by Crippen LogP contribution is 2.26. The van der Waals surface area contributed by atoms with Gasteiger partial charge >= 0.3 is 12.1 Å². The number of aromatic amines is 1. The quantitative estimate of drug-likeness (QED) is 0.0673. The molecule has 0 spiro atoms. The number of halogens is 3. The van der Waals surface area contributed by atoms with Crippen molar-refractivity contribution in [3.8, 4) is 6.07 Å². The van der Waals surface area contributed by atoms with Crippen molar-refractivity contribution in [2.45, 2.75) is 38.5 Å². The number of nitrogen functional groups attached to an aromatic ring is 1. The predicted molar refractivity (Wildman–Crippen MR) is 196 cm³/mol. The fourth-order valence-corrected chi connectivity index (χ4v) is 5.02. The van der Waals surface area contributed by atoms with Crippen molar-refractivity contribution in [3.05, 3.63) is 86.3 Å². The fraction of sp³-hybridized carbons (Fsp3) is 0.343. The highest BCUT2D eigenvalue weighted by atomic mass is 19.4. The number of hydrogen-bond donors (Lipinski definition) is 5. The van der Waals surface area contributed by atoms with Gasteiger partial charge in [-0.25, -0.2) is 9.97 Å². The minimum absolute atomic E-state index is 0.00811. The first-order valence-electron chi connectivity index (χ1n) is 17.1. The number of alkyl halides is 3. The molecule has 2 aromatic carbocycles. The Morgan fingerprint density at radius 3 is 2.30 bits per heavy atom. The van der Waals surface area contributed by atoms with E-state index in [0.29, 0.717) is 4.90 Å². The highest BCUT2D eigenvalue weighted by Gasteiger charge is 2.43. The molecule has 57 heavy (non-hydrogen) atoms. The zero-order chi connectivity index (χ0) is 41.5. The van der Waals surface area contributed by atoms with E-state index in [9.17, 15) is 42.1 Å². The second kappa shape index (κ2) is 20.2. The minimum atomic E-state index is -5.26. The Bertz CT molecular complexity index is 2190. The number of hydrogen-bond acceptors (Lipinski definition) is 14. The number of amides is 4. The summed E-state index contributed by atoms with van der Waals surface area (Å²) in [6, 6.07) is 10.1. The molecule has 0 aliphatic heterocycles. The molecule has 22 heteroatoms. The third-order valence-electron chi connectivity index (χ3n) is 7.87. The zero-order valence-corrected chi connectivity index (χ0v) is 30.2. The van der Waals surface area contributed by atoms with Crippen molar-refractivity contribution in [2.24, 2.45) is 5.18 Å². The average Bonchev–Trinajstić information content (AvgIpc) is 3.19. The molecule has 0 saturated heterocycles. The maximum absolute atomic E-state index is 13.6. The summed E-state index contributed by atoms with van der Waals surface area (Å²) in [5.74, 6) is -3.75. The van der Waals surface area contributed by atoms with Gasteiger partial charge in [0.05, 0.1) is 50.4 Å². The number of nitrogens with zero attached hydrogens (tertiary/aromatic N) is 6. The number of rotatable bonds is 19. The molecular formula is C35H36F3N11O8. The van der Waals surface area contributed by atoms with Gasteiger partial charge in [0.15, 0.2) is 11.2 Å². The Kier molecular flexibility index (Phi) is 15.2. The first-order chi connectivity index (χ1) is 27.2. The van der Waals surface area contributed by atoms with E-state index in [2.05, 4.69) is 41.1 Å². The Hall–Kier alpha value is -6.86. The normalized spacial score (nSPS) is 11.6. The van der Waals surface area contributed by atoms with Gasteiger partial charge in [0, 0.05) is 42.4 Å². The molecule has 19 nitrogen and oxygen atoms in total. The smallest absolute Gasteiger partial charge is 0.377 e. The number of nitrogens with one attached hydrogen (secondary N) is 4. The molecule has 0 saturated carbocycles. The number of H-pyrrole nitrogens is 1. The van der Waals surface area contributed by atoms with E-state index < -0.39 is 42.0 Å². The SMILES string of the molecule is C[C@H](CCC(=O)NCCOCCOCCNC(=O)c1ccc(N=O)c(C#N)c1)NC(=O)c1ccc(N(Cc2cnc3nc(N)[nH]c(=O)c3n2)C(=O)C(F)(F)F)cc1. The number of nitriles is 1. The first-order valence-corrected chi connectivity index (χ1v) is 17.1. The molecule has 300 valence electrons. The lowest BCUT2D eigenvalue weighted by atomic mass is 10.1. The highest BCUT2D eigenvalue weighted by molar-refractivity contribution is 5.99. The van der Waals surface area contributed by atoms with Crippen molar-refractivity contribution in [3.63, 3.8) is 0 Å². The number of aromatic nitrogens is 4. The molecule has 2 aromatic heterocycles. The van der Waals surface area contributed by atoms with Gasteiger partial charge in [0.1, 0.15) is 11.8 Å². The van der Waals surface area contributed by atoms with Gasteiger partial charge < -0.3 is 31.2 Å².